The van der Waals surface area contributed by atoms with Gasteiger partial charge in [-0.05, 0) is 30.1 Å². The minimum Gasteiger partial charge on any atom is -0.469 e. The fourth-order valence-electron chi connectivity index (χ4n) is 2.25. The Bertz CT molecular complexity index is 444. The summed E-state index contributed by atoms with van der Waals surface area (Å²) in [4.78, 5) is 13.7. The lowest BCUT2D eigenvalue weighted by molar-refractivity contribution is -0.139. The Hall–Kier alpha value is -1.39. The van der Waals surface area contributed by atoms with Crippen molar-refractivity contribution in [2.24, 2.45) is 11.1 Å². The van der Waals surface area contributed by atoms with E-state index in [1.807, 2.05) is 18.2 Å². The van der Waals surface area contributed by atoms with Crippen molar-refractivity contribution in [3.8, 4) is 0 Å². The molecular formula is C16H26N2O2. The van der Waals surface area contributed by atoms with Crippen LogP contribution < -0.4 is 5.73 Å². The Balaban J connectivity index is 2.74. The maximum absolute atomic E-state index is 11.4. The molecule has 0 fully saturated rings. The molecule has 0 radical (unpaired) electrons. The van der Waals surface area contributed by atoms with Gasteiger partial charge in [0.2, 0.25) is 0 Å². The van der Waals surface area contributed by atoms with Crippen LogP contribution in [0.5, 0.6) is 0 Å². The number of carbonyl (C=O) groups excluding carboxylic acids is 1. The van der Waals surface area contributed by atoms with Crippen LogP contribution in [0.1, 0.15) is 25.0 Å². The predicted octanol–water partition coefficient (Wildman–Crippen LogP) is 1.82. The molecule has 0 aromatic heterocycles. The maximum Gasteiger partial charge on any atom is 0.309 e. The molecule has 0 heterocycles. The van der Waals surface area contributed by atoms with Crippen LogP contribution in [0.2, 0.25) is 0 Å². The topological polar surface area (TPSA) is 55.6 Å². The zero-order valence-corrected chi connectivity index (χ0v) is 13.0. The summed E-state index contributed by atoms with van der Waals surface area (Å²) in [6.45, 7) is 6.68. The van der Waals surface area contributed by atoms with Crippen LogP contribution in [0.25, 0.3) is 0 Å². The summed E-state index contributed by atoms with van der Waals surface area (Å²) >= 11 is 0. The van der Waals surface area contributed by atoms with Crippen LogP contribution in [0.4, 0.5) is 0 Å². The molecule has 0 bridgehead atoms. The van der Waals surface area contributed by atoms with Crippen molar-refractivity contribution in [2.45, 2.75) is 26.8 Å². The lowest BCUT2D eigenvalue weighted by Gasteiger charge is -2.29. The number of hydrogen-bond acceptors (Lipinski definition) is 4. The number of ether oxygens (including phenoxy) is 1. The van der Waals surface area contributed by atoms with Crippen LogP contribution in [0.3, 0.4) is 0 Å². The number of nitrogens with zero attached hydrogens (tertiary/aromatic N) is 1. The molecule has 1 aromatic carbocycles. The van der Waals surface area contributed by atoms with E-state index in [0.29, 0.717) is 13.0 Å². The smallest absolute Gasteiger partial charge is 0.309 e. The molecule has 1 rings (SSSR count). The van der Waals surface area contributed by atoms with Crippen molar-refractivity contribution < 1.29 is 9.53 Å². The van der Waals surface area contributed by atoms with Gasteiger partial charge in [-0.15, -0.1) is 0 Å². The van der Waals surface area contributed by atoms with Crippen LogP contribution >= 0.6 is 0 Å². The number of hydrogen-bond donors (Lipinski definition) is 1. The Morgan fingerprint density at radius 2 is 1.90 bits per heavy atom. The molecule has 0 amide bonds. The summed E-state index contributed by atoms with van der Waals surface area (Å²) in [6, 6.07) is 7.99. The number of rotatable bonds is 7. The van der Waals surface area contributed by atoms with Crippen molar-refractivity contribution in [1.82, 2.24) is 4.90 Å². The molecule has 0 spiro atoms. The summed E-state index contributed by atoms with van der Waals surface area (Å²) in [5, 5.41) is 0. The Morgan fingerprint density at radius 1 is 1.30 bits per heavy atom. The van der Waals surface area contributed by atoms with E-state index in [4.69, 9.17) is 10.5 Å². The molecule has 112 valence electrons. The van der Waals surface area contributed by atoms with Gasteiger partial charge in [-0.3, -0.25) is 4.79 Å². The highest BCUT2D eigenvalue weighted by atomic mass is 16.5. The first-order chi connectivity index (χ1) is 9.38. The van der Waals surface area contributed by atoms with Crippen LogP contribution in [-0.4, -0.2) is 38.1 Å². The van der Waals surface area contributed by atoms with E-state index in [1.54, 1.807) is 0 Å². The predicted molar refractivity (Wildman–Crippen MR) is 81.3 cm³/mol. The molecule has 2 N–H and O–H groups in total. The monoisotopic (exact) mass is 278 g/mol. The van der Waals surface area contributed by atoms with E-state index in [0.717, 1.165) is 24.2 Å². The standard InChI is InChI=1S/C16H26N2O2/c1-16(2,11-17)12-18(3)10-14-8-6-5-7-13(14)9-15(19)20-4/h5-8H,9-12,17H2,1-4H3. The molecule has 0 aliphatic heterocycles. The highest BCUT2D eigenvalue weighted by Gasteiger charge is 2.18. The van der Waals surface area contributed by atoms with Crippen molar-refractivity contribution >= 4 is 5.97 Å². The van der Waals surface area contributed by atoms with Gasteiger partial charge in [0.25, 0.3) is 0 Å². The number of benzene rings is 1. The zero-order valence-electron chi connectivity index (χ0n) is 13.0. The van der Waals surface area contributed by atoms with E-state index >= 15 is 0 Å². The van der Waals surface area contributed by atoms with Crippen molar-refractivity contribution in [3.63, 3.8) is 0 Å². The van der Waals surface area contributed by atoms with Gasteiger partial charge in [0.1, 0.15) is 0 Å². The summed E-state index contributed by atoms with van der Waals surface area (Å²) in [6.07, 6.45) is 0.320. The molecule has 0 atom stereocenters. The average Bonchev–Trinajstić information content (AvgIpc) is 2.40. The third-order valence-electron chi connectivity index (χ3n) is 3.37. The van der Waals surface area contributed by atoms with E-state index in [9.17, 15) is 4.79 Å². The van der Waals surface area contributed by atoms with Crippen LogP contribution in [-0.2, 0) is 22.5 Å². The van der Waals surface area contributed by atoms with Gasteiger partial charge in [-0.2, -0.15) is 0 Å². The highest BCUT2D eigenvalue weighted by molar-refractivity contribution is 5.72. The van der Waals surface area contributed by atoms with E-state index < -0.39 is 0 Å². The van der Waals surface area contributed by atoms with E-state index in [2.05, 4.69) is 31.9 Å². The number of methoxy groups -OCH3 is 1. The molecule has 0 aliphatic rings. The number of nitrogens with two attached hydrogens (primary N) is 1. The maximum atomic E-state index is 11.4. The molecule has 0 saturated heterocycles. The van der Waals surface area contributed by atoms with Crippen molar-refractivity contribution in [1.29, 1.82) is 0 Å². The molecule has 20 heavy (non-hydrogen) atoms. The van der Waals surface area contributed by atoms with Gasteiger partial charge in [0, 0.05) is 13.1 Å². The van der Waals surface area contributed by atoms with Crippen LogP contribution in [0, 0.1) is 5.41 Å². The third-order valence-corrected chi connectivity index (χ3v) is 3.37. The molecule has 0 unspecified atom stereocenters. The first kappa shape index (κ1) is 16.7. The van der Waals surface area contributed by atoms with Crippen LogP contribution in [0.15, 0.2) is 24.3 Å². The highest BCUT2D eigenvalue weighted by Crippen LogP contribution is 2.17. The molecule has 0 aliphatic carbocycles. The molecule has 4 nitrogen and oxygen atoms in total. The second-order valence-electron chi connectivity index (χ2n) is 6.06. The fourth-order valence-corrected chi connectivity index (χ4v) is 2.25. The summed E-state index contributed by atoms with van der Waals surface area (Å²) in [5.74, 6) is -0.206. The number of carbonyl (C=O) groups is 1. The lowest BCUT2D eigenvalue weighted by atomic mass is 9.93. The molecule has 1 aromatic rings. The van der Waals surface area contributed by atoms with E-state index in [1.165, 1.54) is 7.11 Å². The van der Waals surface area contributed by atoms with Gasteiger partial charge in [-0.25, -0.2) is 0 Å². The molecule has 4 heteroatoms. The summed E-state index contributed by atoms with van der Waals surface area (Å²) in [7, 11) is 3.49. The molecule has 0 saturated carbocycles. The van der Waals surface area contributed by atoms with Gasteiger partial charge >= 0.3 is 5.97 Å². The van der Waals surface area contributed by atoms with Gasteiger partial charge in [-0.1, -0.05) is 38.1 Å². The minimum absolute atomic E-state index is 0.0893. The average molecular weight is 278 g/mol. The summed E-state index contributed by atoms with van der Waals surface area (Å²) in [5.41, 5.74) is 8.05. The summed E-state index contributed by atoms with van der Waals surface area (Å²) < 4.78 is 4.74. The van der Waals surface area contributed by atoms with E-state index in [-0.39, 0.29) is 11.4 Å². The Kier molecular flexibility index (Phi) is 6.17. The second-order valence-corrected chi connectivity index (χ2v) is 6.06. The zero-order chi connectivity index (χ0) is 15.2. The van der Waals surface area contributed by atoms with Crippen molar-refractivity contribution in [2.75, 3.05) is 27.2 Å². The first-order valence-corrected chi connectivity index (χ1v) is 6.90. The second kappa shape index (κ2) is 7.41. The quantitative estimate of drug-likeness (QED) is 0.773. The first-order valence-electron chi connectivity index (χ1n) is 6.90. The van der Waals surface area contributed by atoms with Gasteiger partial charge in [0.05, 0.1) is 13.5 Å². The number of esters is 1. The largest absolute Gasteiger partial charge is 0.469 e. The van der Waals surface area contributed by atoms with Gasteiger partial charge in [0.15, 0.2) is 0 Å². The fraction of sp³-hybridized carbons (Fsp3) is 0.562. The normalized spacial score (nSPS) is 11.7. The van der Waals surface area contributed by atoms with Gasteiger partial charge < -0.3 is 15.4 Å². The Morgan fingerprint density at radius 3 is 2.45 bits per heavy atom. The Labute approximate surface area is 121 Å². The SMILES string of the molecule is COC(=O)Cc1ccccc1CN(C)CC(C)(C)CN. The van der Waals surface area contributed by atoms with Crippen molar-refractivity contribution in [3.05, 3.63) is 35.4 Å². The minimum atomic E-state index is -0.206. The molecular weight excluding hydrogens is 252 g/mol. The lowest BCUT2D eigenvalue weighted by Crippen LogP contribution is -2.36. The third kappa shape index (κ3) is 5.31.